The molecule has 0 saturated carbocycles. The van der Waals surface area contributed by atoms with Gasteiger partial charge in [0, 0.05) is 25.2 Å². The Kier molecular flexibility index (Phi) is 4.21. The van der Waals surface area contributed by atoms with Gasteiger partial charge in [0.15, 0.2) is 0 Å². The first-order chi connectivity index (χ1) is 9.02. The van der Waals surface area contributed by atoms with Crippen LogP contribution in [0.25, 0.3) is 0 Å². The molecule has 0 aromatic heterocycles. The lowest BCUT2D eigenvalue weighted by molar-refractivity contribution is -0.117. The van der Waals surface area contributed by atoms with Crippen molar-refractivity contribution in [3.8, 4) is 0 Å². The number of amides is 1. The summed E-state index contributed by atoms with van der Waals surface area (Å²) >= 11 is 0. The van der Waals surface area contributed by atoms with Crippen molar-refractivity contribution in [1.29, 1.82) is 0 Å². The lowest BCUT2D eigenvalue weighted by atomic mass is 10.1. The molecule has 1 aromatic rings. The molecule has 1 aliphatic rings. The van der Waals surface area contributed by atoms with E-state index in [4.69, 9.17) is 0 Å². The molecule has 1 heterocycles. The minimum absolute atomic E-state index is 0.0361. The second-order valence-corrected chi connectivity index (χ2v) is 6.76. The summed E-state index contributed by atoms with van der Waals surface area (Å²) in [5.41, 5.74) is 0.869. The minimum Gasteiger partial charge on any atom is -0.312 e. The van der Waals surface area contributed by atoms with Gasteiger partial charge in [-0.25, -0.2) is 13.1 Å². The van der Waals surface area contributed by atoms with Crippen LogP contribution in [0.1, 0.15) is 13.3 Å². The molecule has 1 aliphatic heterocycles. The second-order valence-electron chi connectivity index (χ2n) is 4.66. The first-order valence-electron chi connectivity index (χ1n) is 6.34. The van der Waals surface area contributed by atoms with Crippen LogP contribution in [-0.2, 0) is 14.8 Å². The zero-order valence-electron chi connectivity index (χ0n) is 10.9. The van der Waals surface area contributed by atoms with Crippen molar-refractivity contribution in [2.75, 3.05) is 23.7 Å². The van der Waals surface area contributed by atoms with Gasteiger partial charge in [0.05, 0.1) is 5.75 Å². The molecule has 2 rings (SSSR count). The molecule has 0 aliphatic carbocycles. The van der Waals surface area contributed by atoms with Gasteiger partial charge in [0.25, 0.3) is 0 Å². The van der Waals surface area contributed by atoms with Gasteiger partial charge in [-0.3, -0.25) is 4.79 Å². The van der Waals surface area contributed by atoms with Crippen LogP contribution >= 0.6 is 0 Å². The van der Waals surface area contributed by atoms with Crippen molar-refractivity contribution < 1.29 is 13.2 Å². The summed E-state index contributed by atoms with van der Waals surface area (Å²) in [6, 6.07) is 9.44. The molecule has 6 heteroatoms. The maximum absolute atomic E-state index is 11.9. The highest BCUT2D eigenvalue weighted by Gasteiger charge is 2.30. The third kappa shape index (κ3) is 3.54. The number of nitrogens with zero attached hydrogens (tertiary/aromatic N) is 1. The topological polar surface area (TPSA) is 66.5 Å². The number of rotatable bonds is 5. The minimum atomic E-state index is -3.19. The van der Waals surface area contributed by atoms with E-state index in [-0.39, 0.29) is 17.6 Å². The number of anilines is 1. The first-order valence-corrected chi connectivity index (χ1v) is 8.00. The zero-order valence-corrected chi connectivity index (χ0v) is 11.7. The molecule has 1 N–H and O–H groups in total. The Hall–Kier alpha value is -1.40. The quantitative estimate of drug-likeness (QED) is 0.875. The molecule has 1 fully saturated rings. The van der Waals surface area contributed by atoms with E-state index < -0.39 is 10.0 Å². The SMILES string of the molecule is CCS(=O)(=O)NC[C@H]1CC(=O)N(c2ccccc2)C1. The molecule has 0 unspecified atom stereocenters. The van der Waals surface area contributed by atoms with Crippen molar-refractivity contribution >= 4 is 21.6 Å². The average Bonchev–Trinajstić information content (AvgIpc) is 2.79. The van der Waals surface area contributed by atoms with E-state index in [0.29, 0.717) is 19.5 Å². The summed E-state index contributed by atoms with van der Waals surface area (Å²) in [7, 11) is -3.19. The molecule has 0 spiro atoms. The Morgan fingerprint density at radius 2 is 2.00 bits per heavy atom. The van der Waals surface area contributed by atoms with Gasteiger partial charge >= 0.3 is 0 Å². The fourth-order valence-corrected chi connectivity index (χ4v) is 2.82. The summed E-state index contributed by atoms with van der Waals surface area (Å²) in [5, 5.41) is 0. The van der Waals surface area contributed by atoms with Crippen LogP contribution in [0.3, 0.4) is 0 Å². The smallest absolute Gasteiger partial charge is 0.227 e. The Labute approximate surface area is 113 Å². The van der Waals surface area contributed by atoms with Gasteiger partial charge in [0.2, 0.25) is 15.9 Å². The standard InChI is InChI=1S/C13H18N2O3S/c1-2-19(17,18)14-9-11-8-13(16)15(10-11)12-6-4-3-5-7-12/h3-7,11,14H,2,8-10H2,1H3/t11-/m1/s1. The van der Waals surface area contributed by atoms with E-state index in [0.717, 1.165) is 5.69 Å². The lowest BCUT2D eigenvalue weighted by Crippen LogP contribution is -2.32. The Balaban J connectivity index is 1.97. The fraction of sp³-hybridized carbons (Fsp3) is 0.462. The molecule has 0 bridgehead atoms. The molecule has 1 atom stereocenters. The predicted octanol–water partition coefficient (Wildman–Crippen LogP) is 0.979. The third-order valence-electron chi connectivity index (χ3n) is 3.24. The number of hydrogen-bond acceptors (Lipinski definition) is 3. The molecule has 0 radical (unpaired) electrons. The summed E-state index contributed by atoms with van der Waals surface area (Å²) in [4.78, 5) is 13.6. The zero-order chi connectivity index (χ0) is 13.9. The molecule has 1 amide bonds. The molecule has 1 saturated heterocycles. The van der Waals surface area contributed by atoms with Crippen LogP contribution in [0.4, 0.5) is 5.69 Å². The summed E-state index contributed by atoms with van der Waals surface area (Å²) in [5.74, 6) is 0.150. The van der Waals surface area contributed by atoms with E-state index in [1.807, 2.05) is 30.3 Å². The van der Waals surface area contributed by atoms with E-state index in [2.05, 4.69) is 4.72 Å². The maximum atomic E-state index is 11.9. The van der Waals surface area contributed by atoms with E-state index >= 15 is 0 Å². The van der Waals surface area contributed by atoms with Gasteiger partial charge in [-0.05, 0) is 25.0 Å². The maximum Gasteiger partial charge on any atom is 0.227 e. The average molecular weight is 282 g/mol. The molecule has 5 nitrogen and oxygen atoms in total. The van der Waals surface area contributed by atoms with Crippen molar-refractivity contribution in [2.45, 2.75) is 13.3 Å². The molecule has 1 aromatic carbocycles. The van der Waals surface area contributed by atoms with Crippen LogP contribution < -0.4 is 9.62 Å². The van der Waals surface area contributed by atoms with Crippen molar-refractivity contribution in [2.24, 2.45) is 5.92 Å². The van der Waals surface area contributed by atoms with E-state index in [1.165, 1.54) is 0 Å². The molecule has 104 valence electrons. The molecular weight excluding hydrogens is 264 g/mol. The van der Waals surface area contributed by atoms with Crippen molar-refractivity contribution in [3.63, 3.8) is 0 Å². The summed E-state index contributed by atoms with van der Waals surface area (Å²) in [6.45, 7) is 2.48. The highest BCUT2D eigenvalue weighted by atomic mass is 32.2. The van der Waals surface area contributed by atoms with Gasteiger partial charge in [-0.15, -0.1) is 0 Å². The third-order valence-corrected chi connectivity index (χ3v) is 4.61. The number of benzene rings is 1. The fourth-order valence-electron chi connectivity index (χ4n) is 2.12. The van der Waals surface area contributed by atoms with E-state index in [1.54, 1.807) is 11.8 Å². The number of hydrogen-bond donors (Lipinski definition) is 1. The summed E-state index contributed by atoms with van der Waals surface area (Å²) < 4.78 is 25.3. The van der Waals surface area contributed by atoms with Gasteiger partial charge in [0.1, 0.15) is 0 Å². The van der Waals surface area contributed by atoms with Gasteiger partial charge < -0.3 is 4.90 Å². The number of carbonyl (C=O) groups excluding carboxylic acids is 1. The normalized spacial score (nSPS) is 19.9. The van der Waals surface area contributed by atoms with Crippen LogP contribution in [-0.4, -0.2) is 33.2 Å². The van der Waals surface area contributed by atoms with Gasteiger partial charge in [-0.1, -0.05) is 18.2 Å². The van der Waals surface area contributed by atoms with Crippen LogP contribution in [0.2, 0.25) is 0 Å². The molecular formula is C13H18N2O3S. The van der Waals surface area contributed by atoms with Crippen LogP contribution in [0, 0.1) is 5.92 Å². The summed E-state index contributed by atoms with van der Waals surface area (Å²) in [6.07, 6.45) is 0.390. The Morgan fingerprint density at radius 1 is 1.32 bits per heavy atom. The number of carbonyl (C=O) groups is 1. The number of nitrogens with one attached hydrogen (secondary N) is 1. The van der Waals surface area contributed by atoms with E-state index in [9.17, 15) is 13.2 Å². The highest BCUT2D eigenvalue weighted by Crippen LogP contribution is 2.24. The van der Waals surface area contributed by atoms with Crippen LogP contribution in [0.15, 0.2) is 30.3 Å². The highest BCUT2D eigenvalue weighted by molar-refractivity contribution is 7.89. The van der Waals surface area contributed by atoms with Gasteiger partial charge in [-0.2, -0.15) is 0 Å². The van der Waals surface area contributed by atoms with Crippen molar-refractivity contribution in [3.05, 3.63) is 30.3 Å². The largest absolute Gasteiger partial charge is 0.312 e. The second kappa shape index (κ2) is 5.71. The van der Waals surface area contributed by atoms with Crippen molar-refractivity contribution in [1.82, 2.24) is 4.72 Å². The number of para-hydroxylation sites is 1. The first kappa shape index (κ1) is 14.0. The lowest BCUT2D eigenvalue weighted by Gasteiger charge is -2.16. The predicted molar refractivity (Wildman–Crippen MR) is 74.4 cm³/mol. The monoisotopic (exact) mass is 282 g/mol. The van der Waals surface area contributed by atoms with Crippen LogP contribution in [0.5, 0.6) is 0 Å². The number of sulfonamides is 1. The Bertz CT molecular complexity index is 542. The Morgan fingerprint density at radius 3 is 2.63 bits per heavy atom. The molecule has 19 heavy (non-hydrogen) atoms.